The fraction of sp³-hybridized carbons (Fsp3) is 0.650. The van der Waals surface area contributed by atoms with E-state index >= 15 is 0 Å². The van der Waals surface area contributed by atoms with E-state index in [-0.39, 0.29) is 23.6 Å². The molecule has 3 aliphatic rings. The van der Waals surface area contributed by atoms with Crippen molar-refractivity contribution in [3.63, 3.8) is 0 Å². The number of carbonyl (C=O) groups is 1. The number of piperidine rings is 1. The van der Waals surface area contributed by atoms with Gasteiger partial charge in [-0.2, -0.15) is 0 Å². The van der Waals surface area contributed by atoms with Gasteiger partial charge < -0.3 is 19.7 Å². The van der Waals surface area contributed by atoms with Crippen molar-refractivity contribution >= 4 is 11.7 Å². The summed E-state index contributed by atoms with van der Waals surface area (Å²) in [6, 6.07) is 5.80. The van der Waals surface area contributed by atoms with Gasteiger partial charge in [-0.3, -0.25) is 0 Å². The van der Waals surface area contributed by atoms with Crippen molar-refractivity contribution < 1.29 is 18.7 Å². The Kier molecular flexibility index (Phi) is 5.14. The summed E-state index contributed by atoms with van der Waals surface area (Å²) in [6.07, 6.45) is 6.46. The maximum Gasteiger partial charge on any atom is 0.321 e. The molecule has 1 aromatic carbocycles. The van der Waals surface area contributed by atoms with E-state index < -0.39 is 0 Å². The first kappa shape index (κ1) is 17.7. The highest BCUT2D eigenvalue weighted by Gasteiger charge is 2.41. The molecule has 2 amide bonds. The number of rotatable bonds is 4. The predicted molar refractivity (Wildman–Crippen MR) is 96.6 cm³/mol. The van der Waals surface area contributed by atoms with Gasteiger partial charge in [-0.25, -0.2) is 9.18 Å². The molecule has 2 heterocycles. The quantitative estimate of drug-likeness (QED) is 0.886. The number of anilines is 1. The molecule has 0 aromatic heterocycles. The standard InChI is InChI=1S/C20H27FN2O3/c21-16-2-1-3-17(12-16)22-19(24)23-9-7-20(8-10-23)13-18(6-11-26-20)25-14-15-4-5-15/h1-3,12,15,18H,4-11,13-14H2,(H,22,24). The van der Waals surface area contributed by atoms with Crippen LogP contribution in [0.15, 0.2) is 24.3 Å². The number of hydrogen-bond donors (Lipinski definition) is 1. The topological polar surface area (TPSA) is 50.8 Å². The number of benzene rings is 1. The number of carbonyl (C=O) groups excluding carboxylic acids is 1. The molecule has 6 heteroatoms. The van der Waals surface area contributed by atoms with Crippen LogP contribution in [-0.2, 0) is 9.47 Å². The molecule has 0 radical (unpaired) electrons. The van der Waals surface area contributed by atoms with Crippen molar-refractivity contribution in [1.82, 2.24) is 4.90 Å². The Labute approximate surface area is 153 Å². The minimum absolute atomic E-state index is 0.151. The van der Waals surface area contributed by atoms with Crippen LogP contribution in [0.1, 0.15) is 38.5 Å². The molecule has 1 N–H and O–H groups in total. The molecule has 1 aliphatic carbocycles. The van der Waals surface area contributed by atoms with Gasteiger partial charge in [0.1, 0.15) is 5.82 Å². The average molecular weight is 362 g/mol. The highest BCUT2D eigenvalue weighted by molar-refractivity contribution is 5.89. The van der Waals surface area contributed by atoms with Crippen LogP contribution < -0.4 is 5.32 Å². The van der Waals surface area contributed by atoms with E-state index in [2.05, 4.69) is 5.32 Å². The van der Waals surface area contributed by atoms with Crippen molar-refractivity contribution in [2.24, 2.45) is 5.92 Å². The van der Waals surface area contributed by atoms with Crippen LogP contribution >= 0.6 is 0 Å². The molecule has 4 rings (SSSR count). The number of urea groups is 1. The lowest BCUT2D eigenvalue weighted by atomic mass is 9.83. The molecule has 1 saturated carbocycles. The summed E-state index contributed by atoms with van der Waals surface area (Å²) in [5.41, 5.74) is 0.333. The monoisotopic (exact) mass is 362 g/mol. The van der Waals surface area contributed by atoms with Crippen molar-refractivity contribution in [1.29, 1.82) is 0 Å². The number of ether oxygens (including phenoxy) is 2. The lowest BCUT2D eigenvalue weighted by molar-refractivity contribution is -0.152. The van der Waals surface area contributed by atoms with E-state index in [0.717, 1.165) is 44.8 Å². The first-order chi connectivity index (χ1) is 12.6. The predicted octanol–water partition coefficient (Wildman–Crippen LogP) is 3.80. The fourth-order valence-electron chi connectivity index (χ4n) is 3.92. The molecule has 1 aromatic rings. The summed E-state index contributed by atoms with van der Waals surface area (Å²) in [7, 11) is 0. The smallest absolute Gasteiger partial charge is 0.321 e. The normalized spacial score (nSPS) is 25.3. The second-order valence-corrected chi connectivity index (χ2v) is 7.85. The molecule has 142 valence electrons. The molecule has 0 bridgehead atoms. The number of nitrogens with zero attached hydrogens (tertiary/aromatic N) is 1. The van der Waals surface area contributed by atoms with Crippen LogP contribution in [0.25, 0.3) is 0 Å². The van der Waals surface area contributed by atoms with Crippen molar-refractivity contribution in [2.75, 3.05) is 31.6 Å². The van der Waals surface area contributed by atoms with Gasteiger partial charge in [0.2, 0.25) is 0 Å². The third-order valence-electron chi connectivity index (χ3n) is 5.75. The Bertz CT molecular complexity index is 642. The van der Waals surface area contributed by atoms with Gasteiger partial charge in [-0.1, -0.05) is 6.07 Å². The van der Waals surface area contributed by atoms with Gasteiger partial charge in [-0.15, -0.1) is 0 Å². The van der Waals surface area contributed by atoms with Crippen LogP contribution in [0.2, 0.25) is 0 Å². The maximum absolute atomic E-state index is 13.3. The molecule has 3 fully saturated rings. The van der Waals surface area contributed by atoms with Crippen molar-refractivity contribution in [3.05, 3.63) is 30.1 Å². The van der Waals surface area contributed by atoms with Gasteiger partial charge in [0, 0.05) is 38.4 Å². The minimum Gasteiger partial charge on any atom is -0.378 e. The second-order valence-electron chi connectivity index (χ2n) is 7.85. The highest BCUT2D eigenvalue weighted by atomic mass is 19.1. The zero-order valence-electron chi connectivity index (χ0n) is 15.1. The van der Waals surface area contributed by atoms with Crippen molar-refractivity contribution in [2.45, 2.75) is 50.2 Å². The summed E-state index contributed by atoms with van der Waals surface area (Å²) in [5.74, 6) is 0.426. The first-order valence-corrected chi connectivity index (χ1v) is 9.69. The zero-order valence-corrected chi connectivity index (χ0v) is 15.1. The maximum atomic E-state index is 13.3. The third kappa shape index (κ3) is 4.35. The molecule has 1 atom stereocenters. The fourth-order valence-corrected chi connectivity index (χ4v) is 3.92. The van der Waals surface area contributed by atoms with Crippen LogP contribution in [0.4, 0.5) is 14.9 Å². The molecular formula is C20H27FN2O3. The molecule has 2 saturated heterocycles. The zero-order chi connectivity index (χ0) is 18.0. The Morgan fingerprint density at radius 2 is 2.12 bits per heavy atom. The number of halogens is 1. The Morgan fingerprint density at radius 1 is 1.31 bits per heavy atom. The molecular weight excluding hydrogens is 335 g/mol. The number of likely N-dealkylation sites (tertiary alicyclic amines) is 1. The SMILES string of the molecule is O=C(Nc1cccc(F)c1)N1CCC2(CC1)CC(OCC1CC1)CCO2. The number of nitrogens with one attached hydrogen (secondary N) is 1. The van der Waals surface area contributed by atoms with Gasteiger partial charge in [-0.05, 0) is 56.2 Å². The summed E-state index contributed by atoms with van der Waals surface area (Å²) in [6.45, 7) is 2.93. The van der Waals surface area contributed by atoms with Gasteiger partial charge >= 0.3 is 6.03 Å². The van der Waals surface area contributed by atoms with E-state index in [9.17, 15) is 9.18 Å². The molecule has 5 nitrogen and oxygen atoms in total. The van der Waals surface area contributed by atoms with Crippen LogP contribution in [0.3, 0.4) is 0 Å². The van der Waals surface area contributed by atoms with E-state index in [1.807, 2.05) is 0 Å². The molecule has 26 heavy (non-hydrogen) atoms. The molecule has 1 spiro atoms. The largest absolute Gasteiger partial charge is 0.378 e. The van der Waals surface area contributed by atoms with Gasteiger partial charge in [0.05, 0.1) is 11.7 Å². The van der Waals surface area contributed by atoms with E-state index in [4.69, 9.17) is 9.47 Å². The second kappa shape index (κ2) is 7.53. The average Bonchev–Trinajstić information content (AvgIpc) is 3.45. The number of hydrogen-bond acceptors (Lipinski definition) is 3. The summed E-state index contributed by atoms with van der Waals surface area (Å²) in [4.78, 5) is 14.2. The Hall–Kier alpha value is -1.66. The number of amides is 2. The van der Waals surface area contributed by atoms with Gasteiger partial charge in [0.15, 0.2) is 0 Å². The van der Waals surface area contributed by atoms with E-state index in [1.165, 1.54) is 25.0 Å². The molecule has 2 aliphatic heterocycles. The summed E-state index contributed by atoms with van der Waals surface area (Å²) in [5, 5.41) is 2.77. The molecule has 1 unspecified atom stereocenters. The van der Waals surface area contributed by atoms with E-state index in [1.54, 1.807) is 17.0 Å². The van der Waals surface area contributed by atoms with E-state index in [0.29, 0.717) is 18.8 Å². The minimum atomic E-state index is -0.353. The summed E-state index contributed by atoms with van der Waals surface area (Å²) >= 11 is 0. The first-order valence-electron chi connectivity index (χ1n) is 9.69. The van der Waals surface area contributed by atoms with Crippen LogP contribution in [0, 0.1) is 11.7 Å². The lowest BCUT2D eigenvalue weighted by Gasteiger charge is -2.46. The van der Waals surface area contributed by atoms with Crippen LogP contribution in [0.5, 0.6) is 0 Å². The van der Waals surface area contributed by atoms with Gasteiger partial charge in [0.25, 0.3) is 0 Å². The van der Waals surface area contributed by atoms with Crippen LogP contribution in [-0.4, -0.2) is 48.9 Å². The lowest BCUT2D eigenvalue weighted by Crippen LogP contribution is -2.52. The third-order valence-corrected chi connectivity index (χ3v) is 5.75. The highest BCUT2D eigenvalue weighted by Crippen LogP contribution is 2.37. The summed E-state index contributed by atoms with van der Waals surface area (Å²) < 4.78 is 25.5. The Balaban J connectivity index is 1.27. The van der Waals surface area contributed by atoms with Crippen molar-refractivity contribution in [3.8, 4) is 0 Å². The Morgan fingerprint density at radius 3 is 2.85 bits per heavy atom.